The summed E-state index contributed by atoms with van der Waals surface area (Å²) in [5, 5.41) is 15.1. The van der Waals surface area contributed by atoms with Crippen molar-refractivity contribution in [1.29, 1.82) is 0 Å². The Morgan fingerprint density at radius 2 is 1.81 bits per heavy atom. The maximum absolute atomic E-state index is 13.9. The number of aryl methyl sites for hydroxylation is 1. The molecule has 4 aromatic rings. The van der Waals surface area contributed by atoms with Gasteiger partial charge in [0.15, 0.2) is 0 Å². The number of tetrazole rings is 1. The Kier molecular flexibility index (Phi) is 5.43. The molecule has 1 fully saturated rings. The van der Waals surface area contributed by atoms with Gasteiger partial charge in [0.1, 0.15) is 17.7 Å². The van der Waals surface area contributed by atoms with Crippen LogP contribution in [0.5, 0.6) is 0 Å². The number of imidazole rings is 1. The number of aromatic nitrogens is 6. The van der Waals surface area contributed by atoms with E-state index in [1.807, 2.05) is 43.4 Å². The lowest BCUT2D eigenvalue weighted by molar-refractivity contribution is -0.133. The van der Waals surface area contributed by atoms with E-state index in [2.05, 4.69) is 43.6 Å². The van der Waals surface area contributed by atoms with E-state index in [4.69, 9.17) is 4.98 Å². The van der Waals surface area contributed by atoms with E-state index in [0.717, 1.165) is 54.5 Å². The predicted molar refractivity (Wildman–Crippen MR) is 121 cm³/mol. The molecule has 8 heteroatoms. The molecule has 1 atom stereocenters. The Labute approximate surface area is 186 Å². The number of carbonyl (C=O) groups excluding carboxylic acids is 1. The molecule has 8 nitrogen and oxygen atoms in total. The van der Waals surface area contributed by atoms with E-state index in [1.165, 1.54) is 0 Å². The number of hydrogen-bond acceptors (Lipinski definition) is 5. The molecule has 0 bridgehead atoms. The molecule has 1 unspecified atom stereocenters. The second-order valence-electron chi connectivity index (χ2n) is 8.58. The molecule has 1 aliphatic carbocycles. The quantitative estimate of drug-likeness (QED) is 0.508. The summed E-state index contributed by atoms with van der Waals surface area (Å²) < 4.78 is 3.73. The average molecular weight is 430 g/mol. The van der Waals surface area contributed by atoms with Gasteiger partial charge in [-0.15, -0.1) is 5.10 Å². The summed E-state index contributed by atoms with van der Waals surface area (Å²) in [5.74, 6) is 0.795. The highest BCUT2D eigenvalue weighted by Gasteiger charge is 2.43. The Balaban J connectivity index is 1.52. The van der Waals surface area contributed by atoms with Crippen LogP contribution in [0.25, 0.3) is 11.0 Å². The molecule has 164 valence electrons. The maximum atomic E-state index is 13.9. The van der Waals surface area contributed by atoms with Gasteiger partial charge in [-0.2, -0.15) is 0 Å². The minimum Gasteiger partial charge on any atom is -0.344 e. The van der Waals surface area contributed by atoms with Crippen molar-refractivity contribution >= 4 is 16.9 Å². The zero-order chi connectivity index (χ0) is 22.0. The van der Waals surface area contributed by atoms with Crippen LogP contribution in [0.4, 0.5) is 0 Å². The third-order valence-electron chi connectivity index (χ3n) is 6.61. The second kappa shape index (κ2) is 8.53. The second-order valence-corrected chi connectivity index (χ2v) is 8.58. The van der Waals surface area contributed by atoms with Crippen molar-refractivity contribution in [1.82, 2.24) is 35.1 Å². The fourth-order valence-corrected chi connectivity index (χ4v) is 4.88. The summed E-state index contributed by atoms with van der Waals surface area (Å²) in [6.07, 6.45) is 6.73. The summed E-state index contributed by atoms with van der Waals surface area (Å²) in [5.41, 5.74) is 2.35. The van der Waals surface area contributed by atoms with Gasteiger partial charge in [0.2, 0.25) is 5.91 Å². The Bertz CT molecular complexity index is 1190. The zero-order valence-electron chi connectivity index (χ0n) is 18.2. The molecular weight excluding hydrogens is 402 g/mol. The molecule has 0 aliphatic heterocycles. The van der Waals surface area contributed by atoms with Crippen LogP contribution in [0.15, 0.2) is 60.9 Å². The van der Waals surface area contributed by atoms with Crippen molar-refractivity contribution in [3.05, 3.63) is 72.3 Å². The third kappa shape index (κ3) is 3.66. The SMILES string of the molecule is Cn1c(C(Cc2ccccc2)NC(=O)C2(n3cnnn3)CCCCC2)nc2ccccc21. The zero-order valence-corrected chi connectivity index (χ0v) is 18.2. The molecule has 1 saturated carbocycles. The smallest absolute Gasteiger partial charge is 0.248 e. The molecule has 2 heterocycles. The van der Waals surface area contributed by atoms with Crippen LogP contribution in [0, 0.1) is 0 Å². The van der Waals surface area contributed by atoms with E-state index in [-0.39, 0.29) is 11.9 Å². The Morgan fingerprint density at radius 1 is 1.06 bits per heavy atom. The summed E-state index contributed by atoms with van der Waals surface area (Å²) in [6.45, 7) is 0. The minimum atomic E-state index is -0.763. The first-order chi connectivity index (χ1) is 15.7. The molecule has 0 saturated heterocycles. The van der Waals surface area contributed by atoms with Crippen LogP contribution >= 0.6 is 0 Å². The molecule has 5 rings (SSSR count). The van der Waals surface area contributed by atoms with Gasteiger partial charge in [-0.1, -0.05) is 61.7 Å². The van der Waals surface area contributed by atoms with Gasteiger partial charge in [0.05, 0.1) is 17.1 Å². The van der Waals surface area contributed by atoms with Gasteiger partial charge in [0, 0.05) is 7.05 Å². The van der Waals surface area contributed by atoms with Crippen LogP contribution in [0.2, 0.25) is 0 Å². The number of para-hydroxylation sites is 2. The fourth-order valence-electron chi connectivity index (χ4n) is 4.88. The molecule has 2 aromatic carbocycles. The standard InChI is InChI=1S/C24H27N7O/c1-30-21-13-7-6-12-19(21)26-22(30)20(16-18-10-4-2-5-11-18)27-23(32)24(14-8-3-9-15-24)31-17-25-28-29-31/h2,4-7,10-13,17,20H,3,8-9,14-16H2,1H3,(H,27,32). The molecule has 1 aliphatic rings. The molecule has 2 aromatic heterocycles. The van der Waals surface area contributed by atoms with E-state index in [0.29, 0.717) is 6.42 Å². The number of fused-ring (bicyclic) bond motifs is 1. The molecule has 32 heavy (non-hydrogen) atoms. The van der Waals surface area contributed by atoms with Crippen LogP contribution in [0.1, 0.15) is 49.5 Å². The van der Waals surface area contributed by atoms with E-state index in [9.17, 15) is 4.79 Å². The summed E-state index contributed by atoms with van der Waals surface area (Å²) in [6, 6.07) is 18.0. The number of nitrogens with zero attached hydrogens (tertiary/aromatic N) is 6. The maximum Gasteiger partial charge on any atom is 0.248 e. The molecule has 0 radical (unpaired) electrons. The van der Waals surface area contributed by atoms with Crippen molar-refractivity contribution in [3.63, 3.8) is 0 Å². The molecular formula is C24H27N7O. The highest BCUT2D eigenvalue weighted by molar-refractivity contribution is 5.85. The number of benzene rings is 2. The highest BCUT2D eigenvalue weighted by atomic mass is 16.2. The predicted octanol–water partition coefficient (Wildman–Crippen LogP) is 3.32. The van der Waals surface area contributed by atoms with Gasteiger partial charge in [-0.05, 0) is 47.4 Å². The van der Waals surface area contributed by atoms with Crippen molar-refractivity contribution in [2.75, 3.05) is 0 Å². The monoisotopic (exact) mass is 429 g/mol. The number of rotatable bonds is 6. The van der Waals surface area contributed by atoms with E-state index in [1.54, 1.807) is 11.0 Å². The van der Waals surface area contributed by atoms with Crippen molar-refractivity contribution in [3.8, 4) is 0 Å². The average Bonchev–Trinajstić information content (AvgIpc) is 3.49. The summed E-state index contributed by atoms with van der Waals surface area (Å²) >= 11 is 0. The Hall–Kier alpha value is -3.55. The fraction of sp³-hybridized carbons (Fsp3) is 0.375. The van der Waals surface area contributed by atoms with E-state index >= 15 is 0 Å². The lowest BCUT2D eigenvalue weighted by atomic mass is 9.80. The summed E-state index contributed by atoms with van der Waals surface area (Å²) in [7, 11) is 2.01. The van der Waals surface area contributed by atoms with Gasteiger partial charge < -0.3 is 9.88 Å². The van der Waals surface area contributed by atoms with E-state index < -0.39 is 5.54 Å². The van der Waals surface area contributed by atoms with Crippen LogP contribution in [-0.2, 0) is 23.8 Å². The van der Waals surface area contributed by atoms with Gasteiger partial charge >= 0.3 is 0 Å². The van der Waals surface area contributed by atoms with Crippen LogP contribution in [-0.4, -0.2) is 35.7 Å². The first-order valence-corrected chi connectivity index (χ1v) is 11.2. The van der Waals surface area contributed by atoms with Crippen molar-refractivity contribution in [2.24, 2.45) is 7.05 Å². The van der Waals surface area contributed by atoms with Gasteiger partial charge in [-0.25, -0.2) is 9.67 Å². The molecule has 0 spiro atoms. The number of nitrogens with one attached hydrogen (secondary N) is 1. The van der Waals surface area contributed by atoms with Crippen LogP contribution < -0.4 is 5.32 Å². The largest absolute Gasteiger partial charge is 0.344 e. The van der Waals surface area contributed by atoms with Crippen molar-refractivity contribution < 1.29 is 4.79 Å². The van der Waals surface area contributed by atoms with Crippen molar-refractivity contribution in [2.45, 2.75) is 50.1 Å². The van der Waals surface area contributed by atoms with Gasteiger partial charge in [0.25, 0.3) is 0 Å². The number of carbonyl (C=O) groups is 1. The normalized spacial score (nSPS) is 16.7. The number of hydrogen-bond donors (Lipinski definition) is 1. The number of amides is 1. The first kappa shape index (κ1) is 20.4. The first-order valence-electron chi connectivity index (χ1n) is 11.2. The molecule has 1 amide bonds. The minimum absolute atomic E-state index is 0.0440. The Morgan fingerprint density at radius 3 is 2.53 bits per heavy atom. The highest BCUT2D eigenvalue weighted by Crippen LogP contribution is 2.35. The lowest BCUT2D eigenvalue weighted by Crippen LogP contribution is -2.51. The van der Waals surface area contributed by atoms with Gasteiger partial charge in [-0.3, -0.25) is 4.79 Å². The lowest BCUT2D eigenvalue weighted by Gasteiger charge is -2.36. The topological polar surface area (TPSA) is 90.5 Å². The van der Waals surface area contributed by atoms with Crippen LogP contribution in [0.3, 0.4) is 0 Å². The molecule has 1 N–H and O–H groups in total. The summed E-state index contributed by atoms with van der Waals surface area (Å²) in [4.78, 5) is 18.7. The third-order valence-corrected chi connectivity index (χ3v) is 6.61.